The molecule has 1 fully saturated rings. The Morgan fingerprint density at radius 2 is 1.74 bits per heavy atom. The van der Waals surface area contributed by atoms with Gasteiger partial charge in [0.15, 0.2) is 11.7 Å². The molecule has 0 radical (unpaired) electrons. The van der Waals surface area contributed by atoms with Crippen molar-refractivity contribution in [3.63, 3.8) is 0 Å². The quantitative estimate of drug-likeness (QED) is 0.182. The highest BCUT2D eigenvalue weighted by atomic mass is 31.3. The molecule has 1 aliphatic heterocycles. The topological polar surface area (TPSA) is 277 Å². The van der Waals surface area contributed by atoms with Crippen molar-refractivity contribution < 1.29 is 61.4 Å². The number of phosphoric acid groups is 3. The molecular weight excluding hydrogens is 531 g/mol. The summed E-state index contributed by atoms with van der Waals surface area (Å²) in [5.41, 5.74) is -1.22. The van der Waals surface area contributed by atoms with Crippen LogP contribution >= 0.6 is 23.5 Å². The lowest BCUT2D eigenvalue weighted by atomic mass is 10.1. The van der Waals surface area contributed by atoms with Crippen LogP contribution in [0.3, 0.4) is 0 Å². The number of aliphatic hydroxyl groups excluding tert-OH is 2. The summed E-state index contributed by atoms with van der Waals surface area (Å²) in [6.45, 7) is 0.422. The minimum atomic E-state index is -5.76. The molecule has 6 atom stereocenters. The molecule has 2 aromatic heterocycles. The zero-order valence-corrected chi connectivity index (χ0v) is 19.4. The minimum absolute atomic E-state index is 0.0402. The molecule has 1 aliphatic rings. The van der Waals surface area contributed by atoms with E-state index < -0.39 is 65.7 Å². The van der Waals surface area contributed by atoms with Crippen molar-refractivity contribution in [1.29, 1.82) is 0 Å². The molecule has 0 aromatic carbocycles. The van der Waals surface area contributed by atoms with Crippen LogP contribution in [0.15, 0.2) is 22.0 Å². The Hall–Kier alpha value is -1.62. The number of pyridine rings is 1. The van der Waals surface area contributed by atoms with E-state index >= 15 is 0 Å². The Labute approximate surface area is 187 Å². The van der Waals surface area contributed by atoms with Crippen molar-refractivity contribution in [3.05, 3.63) is 38.7 Å². The number of nitrogens with zero attached hydrogens (tertiary/aromatic N) is 2. The highest BCUT2D eigenvalue weighted by molar-refractivity contribution is 7.66. The maximum atomic E-state index is 12.3. The second kappa shape index (κ2) is 9.44. The highest BCUT2D eigenvalue weighted by Crippen LogP contribution is 2.66. The average molecular weight is 549 g/mol. The fraction of sp³-hybridized carbons (Fsp3) is 0.462. The van der Waals surface area contributed by atoms with Crippen LogP contribution < -0.4 is 11.1 Å². The summed E-state index contributed by atoms with van der Waals surface area (Å²) in [6, 6.07) is 0. The first kappa shape index (κ1) is 27.0. The second-order valence-corrected chi connectivity index (χ2v) is 11.3. The molecule has 34 heavy (non-hydrogen) atoms. The van der Waals surface area contributed by atoms with Crippen LogP contribution in [0.2, 0.25) is 0 Å². The first-order chi connectivity index (χ1) is 15.5. The number of hydrogen-bond donors (Lipinski definition) is 7. The number of ether oxygens (including phenoxy) is 1. The Balaban J connectivity index is 1.77. The summed E-state index contributed by atoms with van der Waals surface area (Å²) in [4.78, 5) is 66.6. The van der Waals surface area contributed by atoms with Crippen LogP contribution in [-0.4, -0.2) is 69.2 Å². The smallest absolute Gasteiger partial charge is 0.387 e. The zero-order chi connectivity index (χ0) is 25.6. The van der Waals surface area contributed by atoms with Gasteiger partial charge in [-0.15, -0.1) is 0 Å². The SMILES string of the molecule is Cc1c[nH]c2nc(=O)n([C@@H]3O[C@H](COP(=O)(O)OP(=O)(O)OP(=O)(O)O)C(O)[C@@H]3O)cc2c1=O. The van der Waals surface area contributed by atoms with E-state index in [1.54, 1.807) is 0 Å². The van der Waals surface area contributed by atoms with Gasteiger partial charge in [-0.25, -0.2) is 18.5 Å². The van der Waals surface area contributed by atoms with Gasteiger partial charge in [0.25, 0.3) is 0 Å². The Bertz CT molecular complexity index is 1350. The van der Waals surface area contributed by atoms with Crippen LogP contribution in [-0.2, 0) is 31.6 Å². The first-order valence-electron chi connectivity index (χ1n) is 8.91. The predicted molar refractivity (Wildman–Crippen MR) is 107 cm³/mol. The van der Waals surface area contributed by atoms with Crippen LogP contribution in [0, 0.1) is 6.92 Å². The van der Waals surface area contributed by atoms with Crippen molar-refractivity contribution in [1.82, 2.24) is 14.5 Å². The third kappa shape index (κ3) is 6.13. The van der Waals surface area contributed by atoms with Crippen molar-refractivity contribution in [2.45, 2.75) is 31.5 Å². The predicted octanol–water partition coefficient (Wildman–Crippen LogP) is -1.64. The molecule has 7 N–H and O–H groups in total. The maximum absolute atomic E-state index is 12.3. The van der Waals surface area contributed by atoms with Gasteiger partial charge in [-0.05, 0) is 6.92 Å². The number of H-pyrrole nitrogens is 1. The van der Waals surface area contributed by atoms with Gasteiger partial charge < -0.3 is 39.5 Å². The molecule has 21 heteroatoms. The van der Waals surface area contributed by atoms with Gasteiger partial charge in [0.1, 0.15) is 24.0 Å². The molecule has 0 amide bonds. The van der Waals surface area contributed by atoms with Crippen molar-refractivity contribution in [2.24, 2.45) is 0 Å². The van der Waals surface area contributed by atoms with E-state index in [1.807, 2.05) is 0 Å². The molecule has 3 rings (SSSR count). The third-order valence-electron chi connectivity index (χ3n) is 4.41. The molecule has 0 saturated carbocycles. The number of aromatic nitrogens is 3. The lowest BCUT2D eigenvalue weighted by Crippen LogP contribution is -2.36. The number of hydrogen-bond acceptors (Lipinski definition) is 12. The zero-order valence-electron chi connectivity index (χ0n) is 16.8. The summed E-state index contributed by atoms with van der Waals surface area (Å²) in [5.74, 6) is 0. The van der Waals surface area contributed by atoms with Crippen LogP contribution in [0.5, 0.6) is 0 Å². The largest absolute Gasteiger partial charge is 0.490 e. The van der Waals surface area contributed by atoms with Crippen LogP contribution in [0.1, 0.15) is 11.8 Å². The van der Waals surface area contributed by atoms with Gasteiger partial charge in [0.2, 0.25) is 0 Å². The monoisotopic (exact) mass is 549 g/mol. The lowest BCUT2D eigenvalue weighted by molar-refractivity contribution is -0.0539. The second-order valence-electron chi connectivity index (χ2n) is 6.93. The standard InChI is InChI=1S/C13H18N3O15P3/c1-5-2-14-11-6(8(5)17)3-16(13(20)15-11)12-10(19)9(18)7(29-12)4-28-33(24,25)31-34(26,27)30-32(21,22)23/h2-3,7,9-10,12,18-19H,4H2,1H3,(H,24,25)(H,26,27)(H,14,15,20)(H2,21,22,23)/t7-,9?,10+,12-/m1/s1. The van der Waals surface area contributed by atoms with Crippen LogP contribution in [0.25, 0.3) is 11.0 Å². The van der Waals surface area contributed by atoms with E-state index in [0.717, 1.165) is 6.20 Å². The summed E-state index contributed by atoms with van der Waals surface area (Å²) in [5, 5.41) is 20.4. The van der Waals surface area contributed by atoms with Crippen molar-refractivity contribution >= 4 is 34.5 Å². The van der Waals surface area contributed by atoms with E-state index in [2.05, 4.69) is 23.1 Å². The van der Waals surface area contributed by atoms with Gasteiger partial charge in [-0.2, -0.15) is 13.6 Å². The molecule has 3 unspecified atom stereocenters. The van der Waals surface area contributed by atoms with E-state index in [-0.39, 0.29) is 11.0 Å². The molecular formula is C13H18N3O15P3. The number of aliphatic hydroxyl groups is 2. The summed E-state index contributed by atoms with van der Waals surface area (Å²) in [7, 11) is -16.9. The lowest BCUT2D eigenvalue weighted by Gasteiger charge is -2.19. The Kier molecular flexibility index (Phi) is 7.49. The number of aryl methyl sites for hydroxylation is 1. The molecule has 2 aromatic rings. The third-order valence-corrected chi connectivity index (χ3v) is 8.21. The number of phosphoric ester groups is 1. The number of fused-ring (bicyclic) bond motifs is 1. The number of aromatic amines is 1. The van der Waals surface area contributed by atoms with E-state index in [9.17, 15) is 38.4 Å². The number of rotatable bonds is 8. The molecule has 0 aliphatic carbocycles. The van der Waals surface area contributed by atoms with Crippen LogP contribution in [0.4, 0.5) is 0 Å². The fourth-order valence-electron chi connectivity index (χ4n) is 2.95. The normalized spacial score (nSPS) is 26.9. The molecule has 18 nitrogen and oxygen atoms in total. The molecule has 0 spiro atoms. The van der Waals surface area contributed by atoms with Gasteiger partial charge in [0.05, 0.1) is 12.0 Å². The van der Waals surface area contributed by atoms with Gasteiger partial charge in [-0.1, -0.05) is 0 Å². The first-order valence-corrected chi connectivity index (χ1v) is 13.4. The summed E-state index contributed by atoms with van der Waals surface area (Å²) >= 11 is 0. The molecule has 3 heterocycles. The average Bonchev–Trinajstić information content (AvgIpc) is 2.95. The Morgan fingerprint density at radius 3 is 2.35 bits per heavy atom. The fourth-order valence-corrected chi connectivity index (χ4v) is 5.98. The molecule has 1 saturated heterocycles. The molecule has 190 valence electrons. The van der Waals surface area contributed by atoms with Gasteiger partial charge in [-0.3, -0.25) is 13.9 Å². The van der Waals surface area contributed by atoms with E-state index in [0.29, 0.717) is 10.1 Å². The minimum Gasteiger partial charge on any atom is -0.387 e. The van der Waals surface area contributed by atoms with E-state index in [1.165, 1.54) is 13.1 Å². The van der Waals surface area contributed by atoms with Crippen molar-refractivity contribution in [3.8, 4) is 0 Å². The summed E-state index contributed by atoms with van der Waals surface area (Å²) < 4.78 is 51.3. The van der Waals surface area contributed by atoms with Crippen molar-refractivity contribution in [2.75, 3.05) is 6.61 Å². The van der Waals surface area contributed by atoms with Gasteiger partial charge >= 0.3 is 29.2 Å². The Morgan fingerprint density at radius 1 is 1.09 bits per heavy atom. The molecule has 0 bridgehead atoms. The highest BCUT2D eigenvalue weighted by Gasteiger charge is 2.46. The maximum Gasteiger partial charge on any atom is 0.490 e. The number of nitrogens with one attached hydrogen (secondary N) is 1. The summed E-state index contributed by atoms with van der Waals surface area (Å²) in [6.07, 6.45) is -4.55. The van der Waals surface area contributed by atoms with E-state index in [4.69, 9.17) is 19.4 Å². The van der Waals surface area contributed by atoms with Gasteiger partial charge in [0, 0.05) is 18.0 Å².